The van der Waals surface area contributed by atoms with E-state index >= 15 is 0 Å². The minimum absolute atomic E-state index is 0. The molecule has 3 heteroatoms. The largest absolute Gasteiger partial charge is 1.00 e. The van der Waals surface area contributed by atoms with Crippen LogP contribution in [0.3, 0.4) is 0 Å². The van der Waals surface area contributed by atoms with E-state index in [-0.39, 0.29) is 24.0 Å². The smallest absolute Gasteiger partial charge is 0.141 e. The average Bonchev–Trinajstić information content (AvgIpc) is 2.26. The van der Waals surface area contributed by atoms with Gasteiger partial charge in [0.25, 0.3) is 0 Å². The maximum absolute atomic E-state index is 12.3. The van der Waals surface area contributed by atoms with E-state index < -0.39 is 0 Å². The highest BCUT2D eigenvalue weighted by Gasteiger charge is 2.24. The molecule has 0 aromatic carbocycles. The summed E-state index contributed by atoms with van der Waals surface area (Å²) < 4.78 is 0.913. The minimum atomic E-state index is 0. The molecule has 1 rings (SSSR count). The van der Waals surface area contributed by atoms with Gasteiger partial charge in [0, 0.05) is 6.42 Å². The first-order valence-electron chi connectivity index (χ1n) is 7.82. The van der Waals surface area contributed by atoms with Gasteiger partial charge in [-0.1, -0.05) is 44.9 Å². The number of rotatable bonds is 2. The van der Waals surface area contributed by atoms with Crippen LogP contribution in [-0.2, 0) is 4.79 Å². The third kappa shape index (κ3) is 9.83. The molecule has 0 spiro atoms. The van der Waals surface area contributed by atoms with Gasteiger partial charge in [-0.3, -0.25) is 4.79 Å². The highest BCUT2D eigenvalue weighted by Crippen LogP contribution is 2.20. The van der Waals surface area contributed by atoms with Crippen molar-refractivity contribution in [1.82, 2.24) is 0 Å². The molecule has 2 nitrogen and oxygen atoms in total. The topological polar surface area (TPSA) is 17.1 Å². The molecule has 114 valence electrons. The lowest BCUT2D eigenvalue weighted by Crippen LogP contribution is -3.00. The van der Waals surface area contributed by atoms with Gasteiger partial charge in [0.15, 0.2) is 0 Å². The van der Waals surface area contributed by atoms with E-state index in [0.717, 1.165) is 30.3 Å². The number of nitrogens with zero attached hydrogens (tertiary/aromatic N) is 1. The predicted molar refractivity (Wildman–Crippen MR) is 77.6 cm³/mol. The molecule has 1 fully saturated rings. The van der Waals surface area contributed by atoms with Crippen molar-refractivity contribution in [3.8, 4) is 0 Å². The summed E-state index contributed by atoms with van der Waals surface area (Å²) in [6.45, 7) is 1.01. The van der Waals surface area contributed by atoms with Crippen LogP contribution in [0.5, 0.6) is 0 Å². The van der Waals surface area contributed by atoms with Crippen molar-refractivity contribution < 1.29 is 33.3 Å². The minimum Gasteiger partial charge on any atom is -1.00 e. The summed E-state index contributed by atoms with van der Waals surface area (Å²) in [5.41, 5.74) is 0. The Morgan fingerprint density at radius 1 is 0.895 bits per heavy atom. The lowest BCUT2D eigenvalue weighted by Gasteiger charge is -2.29. The first-order valence-corrected chi connectivity index (χ1v) is 7.82. The zero-order chi connectivity index (χ0) is 13.4. The number of hydrogen-bond donors (Lipinski definition) is 0. The van der Waals surface area contributed by atoms with Gasteiger partial charge >= 0.3 is 0 Å². The molecular formula is C16H32INO. The molecule has 1 aliphatic rings. The summed E-state index contributed by atoms with van der Waals surface area (Å²) in [4.78, 5) is 12.3. The van der Waals surface area contributed by atoms with Gasteiger partial charge in [-0.05, 0) is 12.8 Å². The molecular weight excluding hydrogens is 349 g/mol. The Morgan fingerprint density at radius 3 is 1.89 bits per heavy atom. The van der Waals surface area contributed by atoms with Gasteiger partial charge in [0.2, 0.25) is 0 Å². The van der Waals surface area contributed by atoms with Gasteiger partial charge in [0.1, 0.15) is 5.78 Å². The number of halogens is 1. The zero-order valence-corrected chi connectivity index (χ0v) is 15.2. The molecule has 0 bridgehead atoms. The quantitative estimate of drug-likeness (QED) is 0.511. The van der Waals surface area contributed by atoms with Crippen LogP contribution in [0.2, 0.25) is 0 Å². The Balaban J connectivity index is 0.00000324. The van der Waals surface area contributed by atoms with Gasteiger partial charge in [-0.2, -0.15) is 0 Å². The van der Waals surface area contributed by atoms with E-state index in [1.165, 1.54) is 44.9 Å². The Morgan fingerprint density at radius 2 is 1.37 bits per heavy atom. The second-order valence-corrected chi connectivity index (χ2v) is 7.00. The third-order valence-electron chi connectivity index (χ3n) is 3.95. The van der Waals surface area contributed by atoms with E-state index in [2.05, 4.69) is 21.1 Å². The Hall–Kier alpha value is 0.360. The molecule has 1 saturated carbocycles. The second kappa shape index (κ2) is 10.1. The fourth-order valence-corrected chi connectivity index (χ4v) is 2.97. The van der Waals surface area contributed by atoms with Crippen LogP contribution in [-0.4, -0.2) is 38.0 Å². The summed E-state index contributed by atoms with van der Waals surface area (Å²) in [6.07, 6.45) is 12.3. The SMILES string of the molecule is C[N+](C)(C)CC1CCCCCCCCCCC1=O.[I-]. The maximum atomic E-state index is 12.3. The third-order valence-corrected chi connectivity index (χ3v) is 3.95. The molecule has 0 aliphatic heterocycles. The summed E-state index contributed by atoms with van der Waals surface area (Å²) in [5.74, 6) is 0.841. The fraction of sp³-hybridized carbons (Fsp3) is 0.938. The van der Waals surface area contributed by atoms with Crippen molar-refractivity contribution >= 4 is 5.78 Å². The Bertz CT molecular complexity index is 248. The molecule has 19 heavy (non-hydrogen) atoms. The van der Waals surface area contributed by atoms with Crippen molar-refractivity contribution in [3.63, 3.8) is 0 Å². The van der Waals surface area contributed by atoms with E-state index in [0.29, 0.717) is 11.7 Å². The molecule has 0 amide bonds. The average molecular weight is 381 g/mol. The van der Waals surface area contributed by atoms with Crippen molar-refractivity contribution in [2.24, 2.45) is 5.92 Å². The molecule has 0 aromatic rings. The van der Waals surface area contributed by atoms with Crippen LogP contribution in [0.25, 0.3) is 0 Å². The number of Topliss-reactive ketones (excluding diaryl/α,β-unsaturated/α-hetero) is 1. The highest BCUT2D eigenvalue weighted by atomic mass is 127. The summed E-state index contributed by atoms with van der Waals surface area (Å²) >= 11 is 0. The number of hydrogen-bond acceptors (Lipinski definition) is 1. The number of quaternary nitrogens is 1. The molecule has 0 N–H and O–H groups in total. The molecule has 1 aliphatic carbocycles. The summed E-state index contributed by atoms with van der Waals surface area (Å²) in [5, 5.41) is 0. The lowest BCUT2D eigenvalue weighted by molar-refractivity contribution is -0.872. The molecule has 0 aromatic heterocycles. The van der Waals surface area contributed by atoms with Crippen molar-refractivity contribution in [1.29, 1.82) is 0 Å². The first kappa shape index (κ1) is 19.4. The summed E-state index contributed by atoms with van der Waals surface area (Å²) in [7, 11) is 6.59. The number of carbonyl (C=O) groups is 1. The molecule has 0 saturated heterocycles. The predicted octanol–water partition coefficient (Wildman–Crippen LogP) is 0.797. The van der Waals surface area contributed by atoms with Crippen molar-refractivity contribution in [3.05, 3.63) is 0 Å². The van der Waals surface area contributed by atoms with E-state index in [4.69, 9.17) is 0 Å². The van der Waals surface area contributed by atoms with Crippen LogP contribution >= 0.6 is 0 Å². The number of ketones is 1. The Kier molecular flexibility index (Phi) is 10.3. The van der Waals surface area contributed by atoms with Crippen LogP contribution in [0, 0.1) is 5.92 Å². The van der Waals surface area contributed by atoms with E-state index in [1.54, 1.807) is 0 Å². The highest BCUT2D eigenvalue weighted by molar-refractivity contribution is 5.81. The maximum Gasteiger partial charge on any atom is 0.141 e. The second-order valence-electron chi connectivity index (χ2n) is 7.00. The van der Waals surface area contributed by atoms with Crippen molar-refractivity contribution in [2.45, 2.75) is 64.2 Å². The lowest BCUT2D eigenvalue weighted by atomic mass is 9.91. The van der Waals surface area contributed by atoms with Crippen molar-refractivity contribution in [2.75, 3.05) is 27.7 Å². The molecule has 1 atom stereocenters. The molecule has 1 unspecified atom stereocenters. The monoisotopic (exact) mass is 381 g/mol. The zero-order valence-electron chi connectivity index (χ0n) is 13.1. The molecule has 0 radical (unpaired) electrons. The number of carbonyl (C=O) groups excluding carboxylic acids is 1. The van der Waals surface area contributed by atoms with Crippen LogP contribution in [0.4, 0.5) is 0 Å². The van der Waals surface area contributed by atoms with Gasteiger partial charge in [0.05, 0.1) is 33.6 Å². The normalized spacial score (nSPS) is 23.9. The van der Waals surface area contributed by atoms with E-state index in [9.17, 15) is 4.79 Å². The fourth-order valence-electron chi connectivity index (χ4n) is 2.97. The standard InChI is InChI=1S/C16H32NO.HI/c1-17(2,3)14-15-12-10-8-6-4-5-7-9-11-13-16(15)18;/h15H,4-14H2,1-3H3;1H/q+1;/p-1. The molecule has 0 heterocycles. The van der Waals surface area contributed by atoms with Gasteiger partial charge in [-0.25, -0.2) is 0 Å². The Labute approximate surface area is 136 Å². The van der Waals surface area contributed by atoms with Crippen LogP contribution < -0.4 is 24.0 Å². The van der Waals surface area contributed by atoms with E-state index in [1.807, 2.05) is 0 Å². The van der Waals surface area contributed by atoms with Gasteiger partial charge in [-0.15, -0.1) is 0 Å². The van der Waals surface area contributed by atoms with Crippen LogP contribution in [0.15, 0.2) is 0 Å². The summed E-state index contributed by atoms with van der Waals surface area (Å²) in [6, 6.07) is 0. The van der Waals surface area contributed by atoms with Crippen LogP contribution in [0.1, 0.15) is 64.2 Å². The first-order chi connectivity index (χ1) is 8.49. The van der Waals surface area contributed by atoms with Gasteiger partial charge < -0.3 is 28.5 Å².